The monoisotopic (exact) mass is 340 g/mol. The van der Waals surface area contributed by atoms with E-state index in [0.717, 1.165) is 16.9 Å². The first-order valence-electron chi connectivity index (χ1n) is 8.64. The summed E-state index contributed by atoms with van der Waals surface area (Å²) in [5.74, 6) is 0.612. The van der Waals surface area contributed by atoms with E-state index in [1.807, 2.05) is 66.7 Å². The van der Waals surface area contributed by atoms with Crippen LogP contribution < -0.4 is 4.90 Å². The van der Waals surface area contributed by atoms with Crippen LogP contribution in [0.2, 0.25) is 0 Å². The molecule has 2 aromatic carbocycles. The number of nitrogens with zero attached hydrogens (tertiary/aromatic N) is 4. The van der Waals surface area contributed by atoms with Crippen LogP contribution in [0.5, 0.6) is 0 Å². The van der Waals surface area contributed by atoms with Crippen molar-refractivity contribution in [1.29, 1.82) is 0 Å². The molecule has 0 radical (unpaired) electrons. The minimum absolute atomic E-state index is 0.0308. The Hall–Kier alpha value is -3.34. The van der Waals surface area contributed by atoms with Crippen LogP contribution in [0.3, 0.4) is 0 Å². The fourth-order valence-corrected chi connectivity index (χ4v) is 3.59. The van der Waals surface area contributed by atoms with Crippen LogP contribution in [-0.4, -0.2) is 30.2 Å². The minimum Gasteiger partial charge on any atom is -0.292 e. The summed E-state index contributed by atoms with van der Waals surface area (Å²) in [5.41, 5.74) is 3.20. The van der Waals surface area contributed by atoms with E-state index in [0.29, 0.717) is 18.1 Å². The third-order valence-electron chi connectivity index (χ3n) is 4.83. The molecule has 0 aromatic heterocycles. The van der Waals surface area contributed by atoms with Gasteiger partial charge in [-0.1, -0.05) is 42.5 Å². The smallest absolute Gasteiger partial charge is 0.279 e. The van der Waals surface area contributed by atoms with Crippen molar-refractivity contribution in [3.8, 4) is 0 Å². The van der Waals surface area contributed by atoms with Gasteiger partial charge in [-0.2, -0.15) is 0 Å². The Kier molecular flexibility index (Phi) is 3.38. The van der Waals surface area contributed by atoms with Crippen molar-refractivity contribution in [1.82, 2.24) is 0 Å². The van der Waals surface area contributed by atoms with Gasteiger partial charge in [0, 0.05) is 17.5 Å². The molecule has 0 saturated carbocycles. The van der Waals surface area contributed by atoms with E-state index in [1.165, 1.54) is 0 Å². The van der Waals surface area contributed by atoms with Crippen molar-refractivity contribution in [3.05, 3.63) is 72.3 Å². The van der Waals surface area contributed by atoms with Gasteiger partial charge < -0.3 is 0 Å². The van der Waals surface area contributed by atoms with Crippen molar-refractivity contribution < 1.29 is 4.79 Å². The second kappa shape index (κ2) is 5.88. The lowest BCUT2D eigenvalue weighted by molar-refractivity contribution is -0.112. The molecule has 3 aliphatic heterocycles. The molecule has 2 atom stereocenters. The molecule has 26 heavy (non-hydrogen) atoms. The number of dihydropyridines is 1. The maximum absolute atomic E-state index is 13.3. The summed E-state index contributed by atoms with van der Waals surface area (Å²) in [7, 11) is 0. The average molecular weight is 340 g/mol. The van der Waals surface area contributed by atoms with Crippen LogP contribution in [0, 0.1) is 5.92 Å². The first kappa shape index (κ1) is 15.0. The minimum atomic E-state index is -0.326. The van der Waals surface area contributed by atoms with Crippen LogP contribution in [0.4, 0.5) is 11.4 Å². The fraction of sp³-hybridized carbons (Fsp3) is 0.143. The second-order valence-corrected chi connectivity index (χ2v) is 6.43. The van der Waals surface area contributed by atoms with Crippen molar-refractivity contribution >= 4 is 35.0 Å². The first-order chi connectivity index (χ1) is 12.8. The van der Waals surface area contributed by atoms with Gasteiger partial charge >= 0.3 is 0 Å². The predicted molar refractivity (Wildman–Crippen MR) is 104 cm³/mol. The number of anilines is 2. The summed E-state index contributed by atoms with van der Waals surface area (Å²) in [5, 5.41) is 0. The Morgan fingerprint density at radius 2 is 1.81 bits per heavy atom. The number of aliphatic imine (C=N–C) groups is 3. The Labute approximate surface area is 151 Å². The highest BCUT2D eigenvalue weighted by Crippen LogP contribution is 2.41. The largest absolute Gasteiger partial charge is 0.292 e. The molecule has 5 nitrogen and oxygen atoms in total. The summed E-state index contributed by atoms with van der Waals surface area (Å²) in [6.07, 6.45) is 5.73. The number of para-hydroxylation sites is 2. The number of carbonyl (C=O) groups excluding carboxylic acids is 1. The quantitative estimate of drug-likeness (QED) is 0.825. The third-order valence-corrected chi connectivity index (χ3v) is 4.83. The molecule has 3 aliphatic rings. The number of amides is 1. The van der Waals surface area contributed by atoms with Crippen molar-refractivity contribution in [2.75, 3.05) is 11.4 Å². The summed E-state index contributed by atoms with van der Waals surface area (Å²) >= 11 is 0. The predicted octanol–water partition coefficient (Wildman–Crippen LogP) is 3.52. The standard InChI is InChI=1S/C21H16N4O/c26-21-19-18(23-20(24-19)14-7-6-12-22-13-14)16-10-4-5-11-17(16)25(21)15-8-2-1-3-9-15/h1-12,14,18H,13H2. The molecule has 2 aromatic rings. The Balaban J connectivity index is 1.63. The van der Waals surface area contributed by atoms with Gasteiger partial charge in [0.2, 0.25) is 0 Å². The van der Waals surface area contributed by atoms with E-state index in [9.17, 15) is 4.79 Å². The van der Waals surface area contributed by atoms with E-state index in [2.05, 4.69) is 9.98 Å². The average Bonchev–Trinajstić information content (AvgIpc) is 3.16. The molecular formula is C21H16N4O. The molecule has 0 fully saturated rings. The highest BCUT2D eigenvalue weighted by Gasteiger charge is 2.41. The van der Waals surface area contributed by atoms with Crippen LogP contribution in [-0.2, 0) is 4.79 Å². The molecule has 0 bridgehead atoms. The number of fused-ring (bicyclic) bond motifs is 3. The molecule has 2 unspecified atom stereocenters. The van der Waals surface area contributed by atoms with Crippen molar-refractivity contribution in [2.24, 2.45) is 20.9 Å². The van der Waals surface area contributed by atoms with E-state index in [-0.39, 0.29) is 17.9 Å². The summed E-state index contributed by atoms with van der Waals surface area (Å²) < 4.78 is 0. The van der Waals surface area contributed by atoms with Crippen LogP contribution in [0.1, 0.15) is 11.6 Å². The zero-order chi connectivity index (χ0) is 17.5. The maximum atomic E-state index is 13.3. The number of carbonyl (C=O) groups is 1. The van der Waals surface area contributed by atoms with Gasteiger partial charge in [0.25, 0.3) is 5.91 Å². The number of hydrogen-bond acceptors (Lipinski definition) is 4. The number of amidine groups is 1. The topological polar surface area (TPSA) is 57.4 Å². The molecule has 0 spiro atoms. The molecule has 3 heterocycles. The molecule has 1 amide bonds. The van der Waals surface area contributed by atoms with Gasteiger partial charge in [-0.25, -0.2) is 4.99 Å². The van der Waals surface area contributed by atoms with E-state index >= 15 is 0 Å². The summed E-state index contributed by atoms with van der Waals surface area (Å²) in [6.45, 7) is 0.622. The van der Waals surface area contributed by atoms with Crippen molar-refractivity contribution in [2.45, 2.75) is 6.04 Å². The zero-order valence-electron chi connectivity index (χ0n) is 14.0. The second-order valence-electron chi connectivity index (χ2n) is 6.43. The Morgan fingerprint density at radius 1 is 1.00 bits per heavy atom. The zero-order valence-corrected chi connectivity index (χ0v) is 14.0. The maximum Gasteiger partial charge on any atom is 0.279 e. The first-order valence-corrected chi connectivity index (χ1v) is 8.64. The van der Waals surface area contributed by atoms with E-state index < -0.39 is 0 Å². The lowest BCUT2D eigenvalue weighted by Crippen LogP contribution is -2.39. The van der Waals surface area contributed by atoms with Gasteiger partial charge in [0.05, 0.1) is 18.2 Å². The molecule has 0 saturated heterocycles. The third kappa shape index (κ3) is 2.24. The van der Waals surface area contributed by atoms with Gasteiger partial charge in [-0.05, 0) is 24.3 Å². The van der Waals surface area contributed by atoms with Gasteiger partial charge in [-0.3, -0.25) is 19.7 Å². The van der Waals surface area contributed by atoms with Crippen LogP contribution >= 0.6 is 0 Å². The van der Waals surface area contributed by atoms with Crippen molar-refractivity contribution in [3.63, 3.8) is 0 Å². The lowest BCUT2D eigenvalue weighted by atomic mass is 9.94. The molecule has 0 N–H and O–H groups in total. The van der Waals surface area contributed by atoms with E-state index in [4.69, 9.17) is 4.99 Å². The molecular weight excluding hydrogens is 324 g/mol. The number of hydrogen-bond donors (Lipinski definition) is 0. The highest BCUT2D eigenvalue weighted by molar-refractivity contribution is 6.50. The number of rotatable bonds is 2. The molecule has 0 aliphatic carbocycles. The van der Waals surface area contributed by atoms with Crippen LogP contribution in [0.15, 0.2) is 81.7 Å². The molecule has 5 heteroatoms. The summed E-state index contributed by atoms with van der Waals surface area (Å²) in [4.78, 5) is 28.7. The van der Waals surface area contributed by atoms with Gasteiger partial charge in [-0.15, -0.1) is 0 Å². The lowest BCUT2D eigenvalue weighted by Gasteiger charge is -2.31. The van der Waals surface area contributed by atoms with Gasteiger partial charge in [0.15, 0.2) is 0 Å². The Bertz CT molecular complexity index is 1000. The van der Waals surface area contributed by atoms with Crippen LogP contribution in [0.25, 0.3) is 0 Å². The number of allylic oxidation sites excluding steroid dienone is 1. The summed E-state index contributed by atoms with van der Waals surface area (Å²) in [6, 6.07) is 17.3. The molecule has 5 rings (SSSR count). The SMILES string of the molecule is O=C1C2=NC(C3C=CC=NC3)=NC2c2ccccc2N1c1ccccc1. The Morgan fingerprint density at radius 3 is 2.62 bits per heavy atom. The van der Waals surface area contributed by atoms with E-state index in [1.54, 1.807) is 11.1 Å². The van der Waals surface area contributed by atoms with Gasteiger partial charge in [0.1, 0.15) is 17.6 Å². The fourth-order valence-electron chi connectivity index (χ4n) is 3.59. The highest BCUT2D eigenvalue weighted by atomic mass is 16.2. The molecule has 126 valence electrons. The normalized spacial score (nSPS) is 23.4. The number of benzene rings is 2.